The molecule has 1 aliphatic heterocycles. The third-order valence-corrected chi connectivity index (χ3v) is 3.95. The molecule has 3 nitrogen and oxygen atoms in total. The van der Waals surface area contributed by atoms with Crippen molar-refractivity contribution in [1.82, 2.24) is 9.80 Å². The molecule has 2 rings (SSSR count). The molecule has 1 aromatic rings. The summed E-state index contributed by atoms with van der Waals surface area (Å²) in [6.45, 7) is 6.34. The zero-order valence-electron chi connectivity index (χ0n) is 11.9. The summed E-state index contributed by atoms with van der Waals surface area (Å²) in [6.07, 6.45) is 2.30. The molecule has 0 radical (unpaired) electrons. The SMILES string of the molecule is CCC1CN(C)CCCN1Cc1ccc(N)c(F)c1. The minimum absolute atomic E-state index is 0.228. The van der Waals surface area contributed by atoms with E-state index in [1.165, 1.54) is 6.42 Å². The van der Waals surface area contributed by atoms with E-state index >= 15 is 0 Å². The van der Waals surface area contributed by atoms with Gasteiger partial charge in [0.15, 0.2) is 0 Å². The topological polar surface area (TPSA) is 32.5 Å². The second kappa shape index (κ2) is 6.35. The highest BCUT2D eigenvalue weighted by molar-refractivity contribution is 5.41. The molecule has 19 heavy (non-hydrogen) atoms. The van der Waals surface area contributed by atoms with Crippen molar-refractivity contribution >= 4 is 5.69 Å². The predicted molar refractivity (Wildman–Crippen MR) is 77.4 cm³/mol. The highest BCUT2D eigenvalue weighted by Gasteiger charge is 2.22. The van der Waals surface area contributed by atoms with Crippen LogP contribution in [0.25, 0.3) is 0 Å². The molecule has 1 fully saturated rings. The first kappa shape index (κ1) is 14.3. The van der Waals surface area contributed by atoms with Gasteiger partial charge in [-0.1, -0.05) is 13.0 Å². The Bertz CT molecular complexity index is 422. The minimum Gasteiger partial charge on any atom is -0.396 e. The van der Waals surface area contributed by atoms with Crippen LogP contribution in [0.5, 0.6) is 0 Å². The van der Waals surface area contributed by atoms with Crippen molar-refractivity contribution in [2.24, 2.45) is 0 Å². The number of rotatable bonds is 3. The molecule has 0 saturated carbocycles. The third-order valence-electron chi connectivity index (χ3n) is 3.95. The third kappa shape index (κ3) is 3.67. The minimum atomic E-state index is -0.308. The molecule has 0 amide bonds. The first-order valence-corrected chi connectivity index (χ1v) is 7.06. The molecular weight excluding hydrogens is 241 g/mol. The van der Waals surface area contributed by atoms with Crippen LogP contribution in [-0.2, 0) is 6.54 Å². The van der Waals surface area contributed by atoms with E-state index in [-0.39, 0.29) is 11.5 Å². The van der Waals surface area contributed by atoms with E-state index in [0.29, 0.717) is 6.04 Å². The van der Waals surface area contributed by atoms with Gasteiger partial charge in [-0.2, -0.15) is 0 Å². The molecule has 1 unspecified atom stereocenters. The van der Waals surface area contributed by atoms with Crippen molar-refractivity contribution in [3.05, 3.63) is 29.6 Å². The molecule has 2 N–H and O–H groups in total. The van der Waals surface area contributed by atoms with Crippen LogP contribution in [0.4, 0.5) is 10.1 Å². The summed E-state index contributed by atoms with van der Waals surface area (Å²) in [5, 5.41) is 0. The number of halogens is 1. The summed E-state index contributed by atoms with van der Waals surface area (Å²) in [6, 6.07) is 5.71. The van der Waals surface area contributed by atoms with Gasteiger partial charge in [-0.05, 0) is 44.1 Å². The highest BCUT2D eigenvalue weighted by Crippen LogP contribution is 2.18. The van der Waals surface area contributed by atoms with Gasteiger partial charge < -0.3 is 10.6 Å². The summed E-state index contributed by atoms with van der Waals surface area (Å²) >= 11 is 0. The van der Waals surface area contributed by atoms with E-state index in [0.717, 1.165) is 38.2 Å². The van der Waals surface area contributed by atoms with E-state index in [1.807, 2.05) is 6.07 Å². The van der Waals surface area contributed by atoms with Gasteiger partial charge in [0.05, 0.1) is 5.69 Å². The first-order chi connectivity index (χ1) is 9.10. The van der Waals surface area contributed by atoms with Crippen LogP contribution in [0.15, 0.2) is 18.2 Å². The zero-order valence-corrected chi connectivity index (χ0v) is 11.9. The van der Waals surface area contributed by atoms with Crippen LogP contribution < -0.4 is 5.73 Å². The van der Waals surface area contributed by atoms with Crippen LogP contribution in [-0.4, -0.2) is 42.5 Å². The van der Waals surface area contributed by atoms with Gasteiger partial charge in [0.2, 0.25) is 0 Å². The molecule has 0 aromatic heterocycles. The summed E-state index contributed by atoms with van der Waals surface area (Å²) < 4.78 is 13.5. The largest absolute Gasteiger partial charge is 0.396 e. The molecule has 4 heteroatoms. The fourth-order valence-electron chi connectivity index (χ4n) is 2.79. The average Bonchev–Trinajstić information content (AvgIpc) is 2.56. The average molecular weight is 265 g/mol. The summed E-state index contributed by atoms with van der Waals surface area (Å²) in [5.74, 6) is -0.308. The number of hydrogen-bond acceptors (Lipinski definition) is 3. The molecule has 106 valence electrons. The lowest BCUT2D eigenvalue weighted by Gasteiger charge is -2.30. The molecule has 1 saturated heterocycles. The van der Waals surface area contributed by atoms with Crippen LogP contribution in [0.2, 0.25) is 0 Å². The van der Waals surface area contributed by atoms with Gasteiger partial charge in [-0.15, -0.1) is 0 Å². The molecule has 1 aliphatic rings. The Morgan fingerprint density at radius 3 is 2.84 bits per heavy atom. The van der Waals surface area contributed by atoms with Crippen molar-refractivity contribution < 1.29 is 4.39 Å². The molecule has 1 atom stereocenters. The Labute approximate surface area is 115 Å². The maximum atomic E-state index is 13.5. The van der Waals surface area contributed by atoms with E-state index in [4.69, 9.17) is 5.73 Å². The number of hydrogen-bond donors (Lipinski definition) is 1. The summed E-state index contributed by atoms with van der Waals surface area (Å²) in [4.78, 5) is 4.85. The Morgan fingerprint density at radius 1 is 1.37 bits per heavy atom. The smallest absolute Gasteiger partial charge is 0.146 e. The number of nitrogen functional groups attached to an aromatic ring is 1. The number of likely N-dealkylation sites (N-methyl/N-ethyl adjacent to an activating group) is 1. The summed E-state index contributed by atoms with van der Waals surface area (Å²) in [5.41, 5.74) is 6.76. The van der Waals surface area contributed by atoms with Crippen LogP contribution in [0, 0.1) is 5.82 Å². The maximum absolute atomic E-state index is 13.5. The Balaban J connectivity index is 2.08. The zero-order chi connectivity index (χ0) is 13.8. The quantitative estimate of drug-likeness (QED) is 0.851. The fraction of sp³-hybridized carbons (Fsp3) is 0.600. The molecule has 0 bridgehead atoms. The van der Waals surface area contributed by atoms with Crippen LogP contribution in [0.1, 0.15) is 25.3 Å². The number of benzene rings is 1. The van der Waals surface area contributed by atoms with Gasteiger partial charge in [-0.25, -0.2) is 4.39 Å². The second-order valence-electron chi connectivity index (χ2n) is 5.50. The van der Waals surface area contributed by atoms with Crippen LogP contribution >= 0.6 is 0 Å². The van der Waals surface area contributed by atoms with Crippen molar-refractivity contribution in [2.45, 2.75) is 32.4 Å². The molecule has 1 heterocycles. The van der Waals surface area contributed by atoms with Crippen molar-refractivity contribution in [3.8, 4) is 0 Å². The Morgan fingerprint density at radius 2 is 2.16 bits per heavy atom. The van der Waals surface area contributed by atoms with Gasteiger partial charge >= 0.3 is 0 Å². The standard InChI is InChI=1S/C15H24FN3/c1-3-13-11-18(2)7-4-8-19(13)10-12-5-6-15(17)14(16)9-12/h5-6,9,13H,3-4,7-8,10-11,17H2,1-2H3. The maximum Gasteiger partial charge on any atom is 0.146 e. The lowest BCUT2D eigenvalue weighted by Crippen LogP contribution is -2.39. The Kier molecular flexibility index (Phi) is 4.77. The molecule has 0 aliphatic carbocycles. The Hall–Kier alpha value is -1.13. The molecule has 1 aromatic carbocycles. The molecule has 0 spiro atoms. The van der Waals surface area contributed by atoms with Crippen molar-refractivity contribution in [1.29, 1.82) is 0 Å². The first-order valence-electron chi connectivity index (χ1n) is 7.06. The van der Waals surface area contributed by atoms with Gasteiger partial charge in [-0.3, -0.25) is 4.90 Å². The van der Waals surface area contributed by atoms with Crippen molar-refractivity contribution in [2.75, 3.05) is 32.4 Å². The molecular formula is C15H24FN3. The van der Waals surface area contributed by atoms with E-state index in [1.54, 1.807) is 12.1 Å². The normalized spacial score (nSPS) is 22.4. The lowest BCUT2D eigenvalue weighted by atomic mass is 10.1. The van der Waals surface area contributed by atoms with Gasteiger partial charge in [0.1, 0.15) is 5.82 Å². The van der Waals surface area contributed by atoms with E-state index < -0.39 is 0 Å². The van der Waals surface area contributed by atoms with E-state index in [9.17, 15) is 4.39 Å². The van der Waals surface area contributed by atoms with Gasteiger partial charge in [0, 0.05) is 25.7 Å². The van der Waals surface area contributed by atoms with E-state index in [2.05, 4.69) is 23.8 Å². The number of nitrogens with zero attached hydrogens (tertiary/aromatic N) is 2. The van der Waals surface area contributed by atoms with Crippen molar-refractivity contribution in [3.63, 3.8) is 0 Å². The van der Waals surface area contributed by atoms with Gasteiger partial charge in [0.25, 0.3) is 0 Å². The van der Waals surface area contributed by atoms with Crippen LogP contribution in [0.3, 0.4) is 0 Å². The highest BCUT2D eigenvalue weighted by atomic mass is 19.1. The number of anilines is 1. The lowest BCUT2D eigenvalue weighted by molar-refractivity contribution is 0.176. The number of nitrogens with two attached hydrogens (primary N) is 1. The monoisotopic (exact) mass is 265 g/mol. The predicted octanol–water partition coefficient (Wildman–Crippen LogP) is 2.32. The second-order valence-corrected chi connectivity index (χ2v) is 5.50. The summed E-state index contributed by atoms with van der Waals surface area (Å²) in [7, 11) is 2.18. The fourth-order valence-corrected chi connectivity index (χ4v) is 2.79.